The van der Waals surface area contributed by atoms with Gasteiger partial charge in [0, 0.05) is 6.54 Å². The highest BCUT2D eigenvalue weighted by molar-refractivity contribution is 5.72. The van der Waals surface area contributed by atoms with Gasteiger partial charge in [0.2, 0.25) is 0 Å². The number of aromatic nitrogens is 2. The molecule has 1 aliphatic rings. The first kappa shape index (κ1) is 8.74. The average Bonchev–Trinajstić information content (AvgIpc) is 2.58. The van der Waals surface area contributed by atoms with Crippen LogP contribution in [0.4, 0.5) is 4.79 Å². The molecule has 1 N–H and O–H groups in total. The van der Waals surface area contributed by atoms with E-state index in [1.165, 1.54) is 4.90 Å². The number of aldehydes is 1. The fourth-order valence-electron chi connectivity index (χ4n) is 1.51. The van der Waals surface area contributed by atoms with E-state index < -0.39 is 6.09 Å². The zero-order valence-corrected chi connectivity index (χ0v) is 7.38. The number of fused-ring (bicyclic) bond motifs is 1. The summed E-state index contributed by atoms with van der Waals surface area (Å²) < 4.78 is 1.67. The summed E-state index contributed by atoms with van der Waals surface area (Å²) in [6.45, 7) is 1.23. The summed E-state index contributed by atoms with van der Waals surface area (Å²) in [5.41, 5.74) is 1.12. The normalized spacial score (nSPS) is 15.0. The lowest BCUT2D eigenvalue weighted by Gasteiger charge is -2.24. The van der Waals surface area contributed by atoms with Crippen LogP contribution in [-0.2, 0) is 13.1 Å². The van der Waals surface area contributed by atoms with Gasteiger partial charge >= 0.3 is 6.09 Å². The highest BCUT2D eigenvalue weighted by Crippen LogP contribution is 2.12. The van der Waals surface area contributed by atoms with E-state index in [2.05, 4.69) is 5.10 Å². The minimum Gasteiger partial charge on any atom is -0.465 e. The van der Waals surface area contributed by atoms with Gasteiger partial charge < -0.3 is 10.0 Å². The second-order valence-electron chi connectivity index (χ2n) is 3.11. The third kappa shape index (κ3) is 1.34. The van der Waals surface area contributed by atoms with Gasteiger partial charge in [0.1, 0.15) is 5.69 Å². The third-order valence-corrected chi connectivity index (χ3v) is 2.21. The van der Waals surface area contributed by atoms with E-state index in [9.17, 15) is 9.59 Å². The van der Waals surface area contributed by atoms with Crippen LogP contribution in [0.25, 0.3) is 0 Å². The van der Waals surface area contributed by atoms with Crippen molar-refractivity contribution in [1.29, 1.82) is 0 Å². The Balaban J connectivity index is 2.25. The van der Waals surface area contributed by atoms with Gasteiger partial charge in [-0.25, -0.2) is 4.79 Å². The largest absolute Gasteiger partial charge is 0.465 e. The van der Waals surface area contributed by atoms with Crippen LogP contribution < -0.4 is 0 Å². The molecule has 0 saturated heterocycles. The SMILES string of the molecule is O=Cc1cc2n(n1)CCN(C(=O)O)C2. The molecule has 0 bridgehead atoms. The lowest BCUT2D eigenvalue weighted by atomic mass is 10.3. The van der Waals surface area contributed by atoms with Gasteiger partial charge in [0.25, 0.3) is 0 Å². The molecule has 1 aliphatic heterocycles. The number of hydrogen-bond acceptors (Lipinski definition) is 3. The maximum Gasteiger partial charge on any atom is 0.407 e. The lowest BCUT2D eigenvalue weighted by molar-refractivity contribution is 0.111. The smallest absolute Gasteiger partial charge is 0.407 e. The quantitative estimate of drug-likeness (QED) is 0.649. The van der Waals surface area contributed by atoms with Crippen molar-refractivity contribution in [3.8, 4) is 0 Å². The standard InChI is InChI=1S/C8H9N3O3/c12-5-6-3-7-4-10(8(13)14)1-2-11(7)9-6/h3,5H,1-2,4H2,(H,13,14). The Bertz CT molecular complexity index is 385. The van der Waals surface area contributed by atoms with Crippen molar-refractivity contribution in [1.82, 2.24) is 14.7 Å². The molecule has 0 atom stereocenters. The molecule has 6 heteroatoms. The molecule has 0 unspecified atom stereocenters. The van der Waals surface area contributed by atoms with Crippen molar-refractivity contribution < 1.29 is 14.7 Å². The molecule has 14 heavy (non-hydrogen) atoms. The first-order chi connectivity index (χ1) is 6.70. The fourth-order valence-corrected chi connectivity index (χ4v) is 1.51. The molecule has 1 aromatic heterocycles. The summed E-state index contributed by atoms with van der Waals surface area (Å²) >= 11 is 0. The van der Waals surface area contributed by atoms with E-state index in [1.807, 2.05) is 0 Å². The van der Waals surface area contributed by atoms with Crippen LogP contribution in [-0.4, -0.2) is 38.7 Å². The fraction of sp³-hybridized carbons (Fsp3) is 0.375. The lowest BCUT2D eigenvalue weighted by Crippen LogP contribution is -2.37. The summed E-state index contributed by atoms with van der Waals surface area (Å²) in [4.78, 5) is 22.4. The Labute approximate surface area is 79.7 Å². The molecular formula is C8H9N3O3. The molecule has 0 spiro atoms. The molecule has 6 nitrogen and oxygen atoms in total. The minimum atomic E-state index is -0.940. The van der Waals surface area contributed by atoms with E-state index in [1.54, 1.807) is 10.7 Å². The van der Waals surface area contributed by atoms with E-state index in [4.69, 9.17) is 5.11 Å². The number of hydrogen-bond donors (Lipinski definition) is 1. The Morgan fingerprint density at radius 1 is 1.57 bits per heavy atom. The number of carbonyl (C=O) groups excluding carboxylic acids is 1. The van der Waals surface area contributed by atoms with Gasteiger partial charge in [-0.2, -0.15) is 5.10 Å². The Morgan fingerprint density at radius 3 is 3.00 bits per heavy atom. The first-order valence-corrected chi connectivity index (χ1v) is 4.20. The molecule has 74 valence electrons. The zero-order valence-electron chi connectivity index (χ0n) is 7.38. The van der Waals surface area contributed by atoms with Gasteiger partial charge in [0.15, 0.2) is 6.29 Å². The van der Waals surface area contributed by atoms with E-state index in [-0.39, 0.29) is 0 Å². The number of amides is 1. The predicted molar refractivity (Wildman–Crippen MR) is 46.0 cm³/mol. The predicted octanol–water partition coefficient (Wildman–Crippen LogP) is 0.189. The van der Waals surface area contributed by atoms with Crippen LogP contribution >= 0.6 is 0 Å². The molecule has 0 radical (unpaired) electrons. The number of nitrogens with zero attached hydrogens (tertiary/aromatic N) is 3. The molecule has 0 fully saturated rings. The van der Waals surface area contributed by atoms with Crippen LogP contribution in [0.5, 0.6) is 0 Å². The number of rotatable bonds is 1. The van der Waals surface area contributed by atoms with Crippen molar-refractivity contribution in [2.75, 3.05) is 6.54 Å². The van der Waals surface area contributed by atoms with Gasteiger partial charge in [-0.15, -0.1) is 0 Å². The Morgan fingerprint density at radius 2 is 2.36 bits per heavy atom. The Hall–Kier alpha value is -1.85. The Kier molecular flexibility index (Phi) is 1.95. The number of carboxylic acid groups (broad SMARTS) is 1. The average molecular weight is 195 g/mol. The highest BCUT2D eigenvalue weighted by atomic mass is 16.4. The second kappa shape index (κ2) is 3.13. The maximum atomic E-state index is 10.7. The summed E-state index contributed by atoms with van der Waals surface area (Å²) in [6.07, 6.45) is -0.277. The summed E-state index contributed by atoms with van der Waals surface area (Å²) in [7, 11) is 0. The van der Waals surface area contributed by atoms with Crippen molar-refractivity contribution in [3.63, 3.8) is 0 Å². The van der Waals surface area contributed by atoms with E-state index in [0.29, 0.717) is 31.6 Å². The van der Waals surface area contributed by atoms with Crippen molar-refractivity contribution >= 4 is 12.4 Å². The van der Waals surface area contributed by atoms with Gasteiger partial charge in [0.05, 0.1) is 18.8 Å². The monoisotopic (exact) mass is 195 g/mol. The molecular weight excluding hydrogens is 186 g/mol. The van der Waals surface area contributed by atoms with Gasteiger partial charge in [-0.1, -0.05) is 0 Å². The van der Waals surface area contributed by atoms with Crippen LogP contribution in [0, 0.1) is 0 Å². The van der Waals surface area contributed by atoms with Crippen molar-refractivity contribution in [3.05, 3.63) is 17.5 Å². The molecule has 2 heterocycles. The zero-order chi connectivity index (χ0) is 10.1. The van der Waals surface area contributed by atoms with E-state index in [0.717, 1.165) is 5.69 Å². The van der Waals surface area contributed by atoms with E-state index >= 15 is 0 Å². The third-order valence-electron chi connectivity index (χ3n) is 2.21. The minimum absolute atomic E-state index is 0.302. The highest BCUT2D eigenvalue weighted by Gasteiger charge is 2.21. The summed E-state index contributed by atoms with van der Waals surface area (Å²) in [6, 6.07) is 1.61. The number of carbonyl (C=O) groups is 2. The van der Waals surface area contributed by atoms with Crippen LogP contribution in [0.2, 0.25) is 0 Å². The van der Waals surface area contributed by atoms with Crippen LogP contribution in [0.3, 0.4) is 0 Å². The topological polar surface area (TPSA) is 75.4 Å². The second-order valence-corrected chi connectivity index (χ2v) is 3.11. The molecule has 1 amide bonds. The maximum absolute atomic E-state index is 10.7. The van der Waals surface area contributed by atoms with Crippen molar-refractivity contribution in [2.45, 2.75) is 13.1 Å². The summed E-state index contributed by atoms with van der Waals surface area (Å²) in [5, 5.41) is 12.7. The molecule has 0 saturated carbocycles. The van der Waals surface area contributed by atoms with Crippen molar-refractivity contribution in [2.24, 2.45) is 0 Å². The summed E-state index contributed by atoms with van der Waals surface area (Å²) in [5.74, 6) is 0. The van der Waals surface area contributed by atoms with Crippen LogP contribution in [0.15, 0.2) is 6.07 Å². The molecule has 2 rings (SSSR count). The first-order valence-electron chi connectivity index (χ1n) is 4.20. The van der Waals surface area contributed by atoms with Gasteiger partial charge in [-0.05, 0) is 6.07 Å². The molecule has 0 aromatic carbocycles. The van der Waals surface area contributed by atoms with Crippen LogP contribution in [0.1, 0.15) is 16.2 Å². The molecule has 0 aliphatic carbocycles. The van der Waals surface area contributed by atoms with Gasteiger partial charge in [-0.3, -0.25) is 9.48 Å². The molecule has 1 aromatic rings.